The van der Waals surface area contributed by atoms with E-state index < -0.39 is 0 Å². The van der Waals surface area contributed by atoms with E-state index in [1.54, 1.807) is 0 Å². The number of aryl methyl sites for hydroxylation is 2. The molecule has 0 spiro atoms. The minimum absolute atomic E-state index is 0.716. The van der Waals surface area contributed by atoms with E-state index in [0.717, 1.165) is 18.9 Å². The molecule has 3 heteroatoms. The van der Waals surface area contributed by atoms with Crippen molar-refractivity contribution < 1.29 is 0 Å². The third kappa shape index (κ3) is 3.35. The summed E-state index contributed by atoms with van der Waals surface area (Å²) in [5.74, 6) is 0.941. The molecule has 2 rings (SSSR count). The van der Waals surface area contributed by atoms with E-state index in [-0.39, 0.29) is 0 Å². The zero-order valence-corrected chi connectivity index (χ0v) is 12.1. The van der Waals surface area contributed by atoms with E-state index in [2.05, 4.69) is 30.5 Å². The Bertz CT molecular complexity index is 370. The molecule has 18 heavy (non-hydrogen) atoms. The van der Waals surface area contributed by atoms with Crippen LogP contribution in [0.2, 0.25) is 0 Å². The van der Waals surface area contributed by atoms with Gasteiger partial charge in [0.2, 0.25) is 0 Å². The summed E-state index contributed by atoms with van der Waals surface area (Å²) in [4.78, 5) is 0. The van der Waals surface area contributed by atoms with E-state index in [1.807, 2.05) is 11.7 Å². The van der Waals surface area contributed by atoms with Crippen molar-refractivity contribution in [2.24, 2.45) is 13.0 Å². The lowest BCUT2D eigenvalue weighted by molar-refractivity contribution is 0.278. The van der Waals surface area contributed by atoms with Gasteiger partial charge in [-0.2, -0.15) is 5.10 Å². The number of hydrogen-bond donors (Lipinski definition) is 1. The van der Waals surface area contributed by atoms with Gasteiger partial charge in [-0.1, -0.05) is 33.1 Å². The first-order chi connectivity index (χ1) is 8.72. The Hall–Kier alpha value is -0.830. The zero-order valence-electron chi connectivity index (χ0n) is 12.1. The van der Waals surface area contributed by atoms with E-state index in [9.17, 15) is 0 Å². The molecule has 1 fully saturated rings. The Morgan fingerprint density at radius 2 is 2.22 bits per heavy atom. The molecule has 1 aromatic heterocycles. The topological polar surface area (TPSA) is 29.9 Å². The standard InChI is InChI=1S/C15H27N3/c1-4-12-7-6-8-14(9-12)16-10-13-11-18(3)17-15(13)5-2/h11-12,14,16H,4-10H2,1-3H3. The SMILES string of the molecule is CCc1nn(C)cc1CNC1CCCC(CC)C1. The molecule has 102 valence electrons. The molecule has 0 amide bonds. The summed E-state index contributed by atoms with van der Waals surface area (Å²) >= 11 is 0. The average Bonchev–Trinajstić information content (AvgIpc) is 2.77. The Labute approximate surface area is 111 Å². The smallest absolute Gasteiger partial charge is 0.0666 e. The van der Waals surface area contributed by atoms with Crippen molar-refractivity contribution in [1.29, 1.82) is 0 Å². The molecule has 0 radical (unpaired) electrons. The third-order valence-electron chi connectivity index (χ3n) is 4.27. The van der Waals surface area contributed by atoms with Crippen LogP contribution in [-0.4, -0.2) is 15.8 Å². The third-order valence-corrected chi connectivity index (χ3v) is 4.27. The molecule has 1 heterocycles. The maximum Gasteiger partial charge on any atom is 0.0666 e. The van der Waals surface area contributed by atoms with Gasteiger partial charge in [-0.05, 0) is 25.2 Å². The molecule has 0 saturated heterocycles. The van der Waals surface area contributed by atoms with Gasteiger partial charge in [-0.3, -0.25) is 4.68 Å². The molecule has 1 saturated carbocycles. The van der Waals surface area contributed by atoms with Crippen molar-refractivity contribution in [1.82, 2.24) is 15.1 Å². The minimum atomic E-state index is 0.716. The van der Waals surface area contributed by atoms with Crippen molar-refractivity contribution in [2.75, 3.05) is 0 Å². The van der Waals surface area contributed by atoms with Crippen molar-refractivity contribution in [3.8, 4) is 0 Å². The summed E-state index contributed by atoms with van der Waals surface area (Å²) in [5.41, 5.74) is 2.62. The van der Waals surface area contributed by atoms with Crippen LogP contribution in [0.4, 0.5) is 0 Å². The molecule has 1 N–H and O–H groups in total. The Morgan fingerprint density at radius 1 is 1.39 bits per heavy atom. The number of hydrogen-bond acceptors (Lipinski definition) is 2. The van der Waals surface area contributed by atoms with Gasteiger partial charge in [0.05, 0.1) is 5.69 Å². The Kier molecular flexibility index (Phi) is 4.81. The summed E-state index contributed by atoms with van der Waals surface area (Å²) < 4.78 is 1.94. The molecular weight excluding hydrogens is 222 g/mol. The first kappa shape index (κ1) is 13.6. The number of nitrogens with zero attached hydrogens (tertiary/aromatic N) is 2. The van der Waals surface area contributed by atoms with Crippen molar-refractivity contribution >= 4 is 0 Å². The van der Waals surface area contributed by atoms with Gasteiger partial charge in [-0.15, -0.1) is 0 Å². The normalized spacial score (nSPS) is 24.4. The molecule has 0 bridgehead atoms. The fourth-order valence-corrected chi connectivity index (χ4v) is 3.13. The van der Waals surface area contributed by atoms with Crippen LogP contribution in [0, 0.1) is 5.92 Å². The largest absolute Gasteiger partial charge is 0.310 e. The van der Waals surface area contributed by atoms with Gasteiger partial charge >= 0.3 is 0 Å². The van der Waals surface area contributed by atoms with Crippen molar-refractivity contribution in [3.63, 3.8) is 0 Å². The van der Waals surface area contributed by atoms with Crippen molar-refractivity contribution in [2.45, 2.75) is 65.0 Å². The second kappa shape index (κ2) is 6.37. The average molecular weight is 249 g/mol. The van der Waals surface area contributed by atoms with E-state index in [0.29, 0.717) is 6.04 Å². The van der Waals surface area contributed by atoms with Gasteiger partial charge in [0, 0.05) is 31.4 Å². The lowest BCUT2D eigenvalue weighted by Crippen LogP contribution is -2.33. The Balaban J connectivity index is 1.86. The highest BCUT2D eigenvalue weighted by Gasteiger charge is 2.20. The van der Waals surface area contributed by atoms with Crippen LogP contribution in [0.25, 0.3) is 0 Å². The van der Waals surface area contributed by atoms with Crippen molar-refractivity contribution in [3.05, 3.63) is 17.5 Å². The van der Waals surface area contributed by atoms with E-state index in [4.69, 9.17) is 0 Å². The fraction of sp³-hybridized carbons (Fsp3) is 0.800. The Morgan fingerprint density at radius 3 is 2.94 bits per heavy atom. The molecule has 1 aliphatic rings. The van der Waals surface area contributed by atoms with Gasteiger partial charge in [0.25, 0.3) is 0 Å². The summed E-state index contributed by atoms with van der Waals surface area (Å²) in [6.45, 7) is 5.49. The van der Waals surface area contributed by atoms with Gasteiger partial charge in [-0.25, -0.2) is 0 Å². The predicted molar refractivity (Wildman–Crippen MR) is 75.5 cm³/mol. The van der Waals surface area contributed by atoms with Gasteiger partial charge < -0.3 is 5.32 Å². The first-order valence-electron chi connectivity index (χ1n) is 7.47. The second-order valence-electron chi connectivity index (χ2n) is 5.65. The van der Waals surface area contributed by atoms with Crippen LogP contribution in [-0.2, 0) is 20.0 Å². The summed E-state index contributed by atoms with van der Waals surface area (Å²) in [6, 6.07) is 0.716. The number of aromatic nitrogens is 2. The lowest BCUT2D eigenvalue weighted by atomic mass is 9.84. The van der Waals surface area contributed by atoms with Crippen LogP contribution in [0.5, 0.6) is 0 Å². The highest BCUT2D eigenvalue weighted by Crippen LogP contribution is 2.26. The molecular formula is C15H27N3. The molecule has 0 aromatic carbocycles. The zero-order chi connectivity index (χ0) is 13.0. The second-order valence-corrected chi connectivity index (χ2v) is 5.65. The molecule has 2 unspecified atom stereocenters. The lowest BCUT2D eigenvalue weighted by Gasteiger charge is -2.29. The fourth-order valence-electron chi connectivity index (χ4n) is 3.13. The molecule has 3 nitrogen and oxygen atoms in total. The molecule has 0 aliphatic heterocycles. The molecule has 2 atom stereocenters. The van der Waals surface area contributed by atoms with Crippen LogP contribution in [0.15, 0.2) is 6.20 Å². The number of rotatable bonds is 5. The van der Waals surface area contributed by atoms with E-state index in [1.165, 1.54) is 43.4 Å². The molecule has 1 aromatic rings. The van der Waals surface area contributed by atoms with Crippen LogP contribution >= 0.6 is 0 Å². The highest BCUT2D eigenvalue weighted by atomic mass is 15.3. The first-order valence-corrected chi connectivity index (χ1v) is 7.47. The molecule has 1 aliphatic carbocycles. The van der Waals surface area contributed by atoms with Crippen LogP contribution < -0.4 is 5.32 Å². The predicted octanol–water partition coefficient (Wildman–Crippen LogP) is 3.04. The maximum absolute atomic E-state index is 4.50. The van der Waals surface area contributed by atoms with Crippen LogP contribution in [0.3, 0.4) is 0 Å². The highest BCUT2D eigenvalue weighted by molar-refractivity contribution is 5.16. The van der Waals surface area contributed by atoms with Gasteiger partial charge in [0.15, 0.2) is 0 Å². The van der Waals surface area contributed by atoms with E-state index >= 15 is 0 Å². The monoisotopic (exact) mass is 249 g/mol. The summed E-state index contributed by atoms with van der Waals surface area (Å²) in [6.07, 6.45) is 10.1. The number of nitrogens with one attached hydrogen (secondary N) is 1. The maximum atomic E-state index is 4.50. The summed E-state index contributed by atoms with van der Waals surface area (Å²) in [7, 11) is 2.01. The minimum Gasteiger partial charge on any atom is -0.310 e. The van der Waals surface area contributed by atoms with Gasteiger partial charge in [0.1, 0.15) is 0 Å². The quantitative estimate of drug-likeness (QED) is 0.869. The van der Waals surface area contributed by atoms with Crippen LogP contribution in [0.1, 0.15) is 57.2 Å². The summed E-state index contributed by atoms with van der Waals surface area (Å²) in [5, 5.41) is 8.24.